The van der Waals surface area contributed by atoms with Crippen LogP contribution < -0.4 is 0 Å². The van der Waals surface area contributed by atoms with Crippen molar-refractivity contribution in [1.29, 1.82) is 0 Å². The summed E-state index contributed by atoms with van der Waals surface area (Å²) < 4.78 is 21.9. The van der Waals surface area contributed by atoms with E-state index in [1.165, 1.54) is 27.1 Å². The van der Waals surface area contributed by atoms with Gasteiger partial charge in [0, 0.05) is 20.6 Å². The molecule has 5 heteroatoms. The van der Waals surface area contributed by atoms with Crippen LogP contribution in [-0.4, -0.2) is 25.7 Å². The van der Waals surface area contributed by atoms with Crippen molar-refractivity contribution in [2.45, 2.75) is 31.7 Å². The molecule has 0 amide bonds. The molecule has 2 rings (SSSR count). The SMILES string of the molecule is COP(=O)(OC)C1=N[C@@H]2CCC[C@@H]2C1. The van der Waals surface area contributed by atoms with Crippen molar-refractivity contribution >= 4 is 13.0 Å². The lowest BCUT2D eigenvalue weighted by Crippen LogP contribution is -2.05. The van der Waals surface area contributed by atoms with Crippen LogP contribution in [0.5, 0.6) is 0 Å². The molecule has 80 valence electrons. The van der Waals surface area contributed by atoms with Gasteiger partial charge in [-0.1, -0.05) is 6.42 Å². The van der Waals surface area contributed by atoms with Gasteiger partial charge in [-0.2, -0.15) is 0 Å². The topological polar surface area (TPSA) is 47.9 Å². The fraction of sp³-hybridized carbons (Fsp3) is 0.889. The van der Waals surface area contributed by atoms with Gasteiger partial charge < -0.3 is 9.05 Å². The largest absolute Gasteiger partial charge is 0.374 e. The summed E-state index contributed by atoms with van der Waals surface area (Å²) in [6.07, 6.45) is 4.37. The second-order valence-corrected chi connectivity index (χ2v) is 6.11. The van der Waals surface area contributed by atoms with Gasteiger partial charge in [-0.25, -0.2) is 0 Å². The van der Waals surface area contributed by atoms with E-state index in [2.05, 4.69) is 4.99 Å². The predicted octanol–water partition coefficient (Wildman–Crippen LogP) is 2.44. The Morgan fingerprint density at radius 1 is 1.36 bits per heavy atom. The Hall–Kier alpha value is -0.180. The highest BCUT2D eigenvalue weighted by molar-refractivity contribution is 7.72. The van der Waals surface area contributed by atoms with Crippen molar-refractivity contribution in [2.24, 2.45) is 10.9 Å². The third kappa shape index (κ3) is 1.56. The highest BCUT2D eigenvalue weighted by atomic mass is 31.2. The number of hydrogen-bond acceptors (Lipinski definition) is 4. The van der Waals surface area contributed by atoms with E-state index in [0.717, 1.165) is 12.8 Å². The number of nitrogens with zero attached hydrogens (tertiary/aromatic N) is 1. The third-order valence-electron chi connectivity index (χ3n) is 3.18. The summed E-state index contributed by atoms with van der Waals surface area (Å²) in [5, 5.41) is 0. The molecule has 0 radical (unpaired) electrons. The molecule has 2 aliphatic rings. The maximum absolute atomic E-state index is 12.0. The molecule has 0 saturated heterocycles. The molecule has 4 nitrogen and oxygen atoms in total. The molecule has 1 aliphatic carbocycles. The van der Waals surface area contributed by atoms with Crippen molar-refractivity contribution in [1.82, 2.24) is 0 Å². The highest BCUT2D eigenvalue weighted by Gasteiger charge is 2.41. The van der Waals surface area contributed by atoms with Crippen molar-refractivity contribution in [3.05, 3.63) is 0 Å². The first kappa shape index (κ1) is 10.3. The molecule has 0 bridgehead atoms. The maximum Gasteiger partial charge on any atom is 0.374 e. The van der Waals surface area contributed by atoms with E-state index < -0.39 is 7.60 Å². The first-order valence-corrected chi connectivity index (χ1v) is 6.52. The van der Waals surface area contributed by atoms with E-state index in [-0.39, 0.29) is 0 Å². The van der Waals surface area contributed by atoms with Crippen molar-refractivity contribution in [3.8, 4) is 0 Å². The van der Waals surface area contributed by atoms with Gasteiger partial charge in [-0.15, -0.1) is 0 Å². The van der Waals surface area contributed by atoms with Crippen LogP contribution in [0.25, 0.3) is 0 Å². The van der Waals surface area contributed by atoms with Crippen LogP contribution in [0.4, 0.5) is 0 Å². The lowest BCUT2D eigenvalue weighted by molar-refractivity contribution is 0.289. The highest BCUT2D eigenvalue weighted by Crippen LogP contribution is 2.54. The lowest BCUT2D eigenvalue weighted by atomic mass is 10.0. The zero-order valence-electron chi connectivity index (χ0n) is 8.60. The zero-order valence-corrected chi connectivity index (χ0v) is 9.50. The second-order valence-electron chi connectivity index (χ2n) is 3.87. The average molecular weight is 217 g/mol. The van der Waals surface area contributed by atoms with Gasteiger partial charge in [0.1, 0.15) is 5.45 Å². The Morgan fingerprint density at radius 2 is 2.07 bits per heavy atom. The van der Waals surface area contributed by atoms with Gasteiger partial charge in [0.15, 0.2) is 0 Å². The van der Waals surface area contributed by atoms with Crippen molar-refractivity contribution < 1.29 is 13.6 Å². The van der Waals surface area contributed by atoms with E-state index in [1.54, 1.807) is 0 Å². The minimum Gasteiger partial charge on any atom is -0.308 e. The number of aliphatic imine (C=N–C) groups is 1. The fourth-order valence-electron chi connectivity index (χ4n) is 2.37. The quantitative estimate of drug-likeness (QED) is 0.682. The van der Waals surface area contributed by atoms with Gasteiger partial charge in [-0.05, 0) is 18.8 Å². The van der Waals surface area contributed by atoms with Crippen LogP contribution in [0, 0.1) is 5.92 Å². The number of fused-ring (bicyclic) bond motifs is 1. The molecule has 2 atom stereocenters. The Labute approximate surface area is 84.2 Å². The van der Waals surface area contributed by atoms with Crippen molar-refractivity contribution in [2.75, 3.05) is 14.2 Å². The van der Waals surface area contributed by atoms with E-state index in [0.29, 0.717) is 17.4 Å². The molecular formula is C9H16NO3P. The van der Waals surface area contributed by atoms with Crippen LogP contribution >= 0.6 is 7.60 Å². The summed E-state index contributed by atoms with van der Waals surface area (Å²) in [7, 11) is -0.198. The van der Waals surface area contributed by atoms with Gasteiger partial charge in [0.2, 0.25) is 0 Å². The first-order valence-electron chi connectivity index (χ1n) is 4.98. The summed E-state index contributed by atoms with van der Waals surface area (Å²) in [5.74, 6) is 0.587. The smallest absolute Gasteiger partial charge is 0.308 e. The standard InChI is InChI=1S/C9H16NO3P/c1-12-14(11,13-2)9-6-7-4-3-5-8(7)10-9/h7-8H,3-6H2,1-2H3/t7-,8-/m1/s1. The molecule has 0 N–H and O–H groups in total. The summed E-state index contributed by atoms with van der Waals surface area (Å²) >= 11 is 0. The molecule has 0 aromatic heterocycles. The minimum atomic E-state index is -3.03. The van der Waals surface area contributed by atoms with Crippen LogP contribution in [0.3, 0.4) is 0 Å². The molecule has 0 aromatic carbocycles. The summed E-state index contributed by atoms with van der Waals surface area (Å²) in [5.41, 5.74) is 0.650. The summed E-state index contributed by atoms with van der Waals surface area (Å²) in [4.78, 5) is 4.47. The first-order chi connectivity index (χ1) is 6.69. The van der Waals surface area contributed by atoms with E-state index in [1.807, 2.05) is 0 Å². The third-order valence-corrected chi connectivity index (χ3v) is 5.07. The summed E-state index contributed by atoms with van der Waals surface area (Å²) in [6.45, 7) is 0. The molecule has 14 heavy (non-hydrogen) atoms. The Balaban J connectivity index is 2.17. The maximum atomic E-state index is 12.0. The number of hydrogen-bond donors (Lipinski definition) is 0. The molecule has 1 aliphatic heterocycles. The van der Waals surface area contributed by atoms with Crippen LogP contribution in [0.2, 0.25) is 0 Å². The molecule has 0 unspecified atom stereocenters. The molecular weight excluding hydrogens is 201 g/mol. The predicted molar refractivity (Wildman–Crippen MR) is 54.8 cm³/mol. The molecule has 0 spiro atoms. The van der Waals surface area contributed by atoms with Gasteiger partial charge in [0.25, 0.3) is 0 Å². The van der Waals surface area contributed by atoms with Crippen LogP contribution in [0.1, 0.15) is 25.7 Å². The van der Waals surface area contributed by atoms with E-state index in [4.69, 9.17) is 9.05 Å². The molecule has 0 aromatic rings. The molecule has 1 heterocycles. The van der Waals surface area contributed by atoms with Gasteiger partial charge in [-0.3, -0.25) is 9.56 Å². The Morgan fingerprint density at radius 3 is 2.64 bits per heavy atom. The van der Waals surface area contributed by atoms with E-state index >= 15 is 0 Å². The average Bonchev–Trinajstić information content (AvgIpc) is 2.76. The zero-order chi connectivity index (χ0) is 10.2. The minimum absolute atomic E-state index is 0.378. The van der Waals surface area contributed by atoms with Crippen LogP contribution in [-0.2, 0) is 13.6 Å². The summed E-state index contributed by atoms with van der Waals surface area (Å²) in [6, 6.07) is 0.378. The Kier molecular flexibility index (Phi) is 2.78. The van der Waals surface area contributed by atoms with E-state index in [9.17, 15) is 4.57 Å². The number of rotatable bonds is 3. The second kappa shape index (κ2) is 3.76. The normalized spacial score (nSPS) is 31.7. The van der Waals surface area contributed by atoms with Crippen molar-refractivity contribution in [3.63, 3.8) is 0 Å². The Bertz CT molecular complexity index is 294. The van der Waals surface area contributed by atoms with Crippen LogP contribution in [0.15, 0.2) is 4.99 Å². The molecule has 1 saturated carbocycles. The lowest BCUT2D eigenvalue weighted by Gasteiger charge is -2.13. The fourth-order valence-corrected chi connectivity index (χ4v) is 3.69. The monoisotopic (exact) mass is 217 g/mol. The van der Waals surface area contributed by atoms with Gasteiger partial charge in [0.05, 0.1) is 6.04 Å². The van der Waals surface area contributed by atoms with Gasteiger partial charge >= 0.3 is 7.60 Å². The molecule has 1 fully saturated rings.